The largest absolute Gasteiger partial charge is 0.466 e. The molecule has 0 radical (unpaired) electrons. The van der Waals surface area contributed by atoms with Gasteiger partial charge in [0.15, 0.2) is 0 Å². The Labute approximate surface area is 146 Å². The van der Waals surface area contributed by atoms with E-state index in [4.69, 9.17) is 4.42 Å². The fraction of sp³-hybridized carbons (Fsp3) is 0.429. The molecule has 2 atom stereocenters. The monoisotopic (exact) mass is 337 g/mol. The third kappa shape index (κ3) is 2.29. The molecule has 24 heavy (non-hydrogen) atoms. The van der Waals surface area contributed by atoms with Crippen LogP contribution in [0.1, 0.15) is 30.9 Å². The Morgan fingerprint density at radius 3 is 3.17 bits per heavy atom. The normalized spacial score (nSPS) is 24.3. The zero-order valence-electron chi connectivity index (χ0n) is 14.3. The highest BCUT2D eigenvalue weighted by Crippen LogP contribution is 2.38. The lowest BCUT2D eigenvalue weighted by atomic mass is 9.76. The van der Waals surface area contributed by atoms with E-state index in [-0.39, 0.29) is 0 Å². The molecule has 2 aliphatic heterocycles. The standard InChI is InChI=1S/C21H23NOS/c1-13(2)7-17-9-16-8-14-3-5-22-12-15-4-6-24-21(15)11-19(22)18(14)10-20(16)23-17/h3-4,6,9,11-13,18-19H,5,7-8,10H2,1-2H3/t18?,19-/m1/s1. The van der Waals surface area contributed by atoms with Gasteiger partial charge in [0.1, 0.15) is 11.5 Å². The molecule has 0 aromatic carbocycles. The van der Waals surface area contributed by atoms with Crippen molar-refractivity contribution in [3.63, 3.8) is 0 Å². The molecule has 3 aliphatic rings. The third-order valence-corrected chi connectivity index (χ3v) is 6.44. The fourth-order valence-corrected chi connectivity index (χ4v) is 5.27. The molecule has 124 valence electrons. The van der Waals surface area contributed by atoms with Crippen molar-refractivity contribution in [2.75, 3.05) is 6.54 Å². The molecule has 1 unspecified atom stereocenters. The van der Waals surface area contributed by atoms with Gasteiger partial charge in [0.2, 0.25) is 0 Å². The lowest BCUT2D eigenvalue weighted by Crippen LogP contribution is -2.47. The SMILES string of the molecule is CC(C)Cc1cc2c(o1)CC1C(=CCN3C=c4ccsc4=C[C@H]13)C2. The number of rotatable bonds is 2. The van der Waals surface area contributed by atoms with E-state index < -0.39 is 0 Å². The summed E-state index contributed by atoms with van der Waals surface area (Å²) in [6.45, 7) is 5.55. The Balaban J connectivity index is 1.50. The predicted molar refractivity (Wildman–Crippen MR) is 99.2 cm³/mol. The molecular formula is C21H23NOS. The summed E-state index contributed by atoms with van der Waals surface area (Å²) in [6, 6.07) is 5.03. The Kier molecular flexibility index (Phi) is 3.27. The molecular weight excluding hydrogens is 314 g/mol. The van der Waals surface area contributed by atoms with Crippen LogP contribution in [-0.4, -0.2) is 17.5 Å². The first-order valence-electron chi connectivity index (χ1n) is 9.00. The molecule has 2 aromatic rings. The van der Waals surface area contributed by atoms with Crippen LogP contribution < -0.4 is 9.75 Å². The van der Waals surface area contributed by atoms with Crippen molar-refractivity contribution in [1.82, 2.24) is 4.90 Å². The van der Waals surface area contributed by atoms with E-state index in [0.29, 0.717) is 17.9 Å². The second-order valence-electron chi connectivity index (χ2n) is 7.75. The van der Waals surface area contributed by atoms with Crippen LogP contribution in [0.25, 0.3) is 12.3 Å². The predicted octanol–water partition coefficient (Wildman–Crippen LogP) is 3.10. The number of thiophene rings is 1. The van der Waals surface area contributed by atoms with Crippen molar-refractivity contribution in [3.05, 3.63) is 56.0 Å². The number of fused-ring (bicyclic) bond motifs is 5. The van der Waals surface area contributed by atoms with Crippen LogP contribution in [0.3, 0.4) is 0 Å². The van der Waals surface area contributed by atoms with Crippen LogP contribution in [0.2, 0.25) is 0 Å². The molecule has 0 bridgehead atoms. The van der Waals surface area contributed by atoms with Gasteiger partial charge in [-0.3, -0.25) is 0 Å². The first kappa shape index (κ1) is 14.6. The molecule has 0 saturated heterocycles. The number of hydrogen-bond donors (Lipinski definition) is 0. The second kappa shape index (κ2) is 5.38. The van der Waals surface area contributed by atoms with Gasteiger partial charge in [0.05, 0.1) is 6.04 Å². The van der Waals surface area contributed by atoms with Crippen molar-refractivity contribution in [1.29, 1.82) is 0 Å². The van der Waals surface area contributed by atoms with Crippen molar-refractivity contribution < 1.29 is 4.42 Å². The highest BCUT2D eigenvalue weighted by molar-refractivity contribution is 7.07. The highest BCUT2D eigenvalue weighted by Gasteiger charge is 2.36. The summed E-state index contributed by atoms with van der Waals surface area (Å²) in [5.41, 5.74) is 3.04. The number of nitrogens with zero attached hydrogens (tertiary/aromatic N) is 1. The maximum Gasteiger partial charge on any atom is 0.108 e. The van der Waals surface area contributed by atoms with Crippen LogP contribution >= 0.6 is 11.3 Å². The van der Waals surface area contributed by atoms with Gasteiger partial charge in [0.25, 0.3) is 0 Å². The first-order valence-corrected chi connectivity index (χ1v) is 9.87. The Morgan fingerprint density at radius 1 is 1.38 bits per heavy atom. The van der Waals surface area contributed by atoms with E-state index in [9.17, 15) is 0 Å². The molecule has 2 nitrogen and oxygen atoms in total. The Bertz CT molecular complexity index is 929. The Morgan fingerprint density at radius 2 is 2.29 bits per heavy atom. The zero-order valence-corrected chi connectivity index (χ0v) is 15.1. The summed E-state index contributed by atoms with van der Waals surface area (Å²) in [6.07, 6.45) is 10.5. The minimum Gasteiger partial charge on any atom is -0.466 e. The highest BCUT2D eigenvalue weighted by atomic mass is 32.1. The lowest BCUT2D eigenvalue weighted by molar-refractivity contribution is 0.276. The molecule has 5 rings (SSSR count). The maximum atomic E-state index is 6.23. The molecule has 3 heteroatoms. The van der Waals surface area contributed by atoms with Gasteiger partial charge in [-0.15, -0.1) is 11.3 Å². The summed E-state index contributed by atoms with van der Waals surface area (Å²) in [5.74, 6) is 3.62. The van der Waals surface area contributed by atoms with Crippen LogP contribution in [0, 0.1) is 11.8 Å². The summed E-state index contributed by atoms with van der Waals surface area (Å²) in [5, 5.41) is 3.58. The molecule has 1 aliphatic carbocycles. The maximum absolute atomic E-state index is 6.23. The summed E-state index contributed by atoms with van der Waals surface area (Å²) in [4.78, 5) is 2.51. The molecule has 0 N–H and O–H groups in total. The Hall–Kier alpha value is -1.74. The quantitative estimate of drug-likeness (QED) is 0.783. The topological polar surface area (TPSA) is 16.4 Å². The molecule has 0 amide bonds. The molecule has 0 saturated carbocycles. The van der Waals surface area contributed by atoms with Crippen LogP contribution in [0.5, 0.6) is 0 Å². The van der Waals surface area contributed by atoms with Crippen LogP contribution in [0.15, 0.2) is 33.6 Å². The van der Waals surface area contributed by atoms with Gasteiger partial charge in [-0.1, -0.05) is 25.5 Å². The lowest BCUT2D eigenvalue weighted by Gasteiger charge is -2.42. The van der Waals surface area contributed by atoms with Gasteiger partial charge >= 0.3 is 0 Å². The third-order valence-electron chi connectivity index (χ3n) is 5.55. The van der Waals surface area contributed by atoms with Gasteiger partial charge in [-0.05, 0) is 41.5 Å². The van der Waals surface area contributed by atoms with E-state index in [0.717, 1.165) is 25.8 Å². The van der Waals surface area contributed by atoms with E-state index in [1.54, 1.807) is 5.57 Å². The van der Waals surface area contributed by atoms with Crippen LogP contribution in [0.4, 0.5) is 0 Å². The fourth-order valence-electron chi connectivity index (χ4n) is 4.43. The van der Waals surface area contributed by atoms with E-state index >= 15 is 0 Å². The molecule has 0 spiro atoms. The second-order valence-corrected chi connectivity index (χ2v) is 8.70. The minimum atomic E-state index is 0.489. The minimum absolute atomic E-state index is 0.489. The van der Waals surface area contributed by atoms with Gasteiger partial charge in [-0.2, -0.15) is 0 Å². The molecule has 4 heterocycles. The smallest absolute Gasteiger partial charge is 0.108 e. The first-order chi connectivity index (χ1) is 11.7. The average Bonchev–Trinajstić information content (AvgIpc) is 3.15. The van der Waals surface area contributed by atoms with Crippen molar-refractivity contribution in [2.24, 2.45) is 11.8 Å². The number of furan rings is 1. The van der Waals surface area contributed by atoms with E-state index in [1.807, 2.05) is 11.3 Å². The van der Waals surface area contributed by atoms with Gasteiger partial charge in [-0.25, -0.2) is 0 Å². The number of hydrogen-bond acceptors (Lipinski definition) is 3. The molecule has 0 fully saturated rings. The average molecular weight is 337 g/mol. The summed E-state index contributed by atoms with van der Waals surface area (Å²) in [7, 11) is 0. The van der Waals surface area contributed by atoms with Gasteiger partial charge < -0.3 is 9.32 Å². The van der Waals surface area contributed by atoms with E-state index in [2.05, 4.69) is 54.6 Å². The van der Waals surface area contributed by atoms with Crippen molar-refractivity contribution in [3.8, 4) is 0 Å². The summed E-state index contributed by atoms with van der Waals surface area (Å²) >= 11 is 1.86. The van der Waals surface area contributed by atoms with Gasteiger partial charge in [0, 0.05) is 41.3 Å². The zero-order chi connectivity index (χ0) is 16.3. The summed E-state index contributed by atoms with van der Waals surface area (Å²) < 4.78 is 7.67. The van der Waals surface area contributed by atoms with Crippen molar-refractivity contribution >= 4 is 23.6 Å². The van der Waals surface area contributed by atoms with E-state index in [1.165, 1.54) is 26.8 Å². The molecule has 2 aromatic heterocycles. The van der Waals surface area contributed by atoms with Crippen LogP contribution in [-0.2, 0) is 19.3 Å². The van der Waals surface area contributed by atoms with Crippen molar-refractivity contribution in [2.45, 2.75) is 39.2 Å².